The van der Waals surface area contributed by atoms with Gasteiger partial charge in [-0.05, 0) is 12.1 Å². The molecule has 0 atom stereocenters. The zero-order chi connectivity index (χ0) is 19.8. The van der Waals surface area contributed by atoms with Crippen molar-refractivity contribution in [3.63, 3.8) is 0 Å². The van der Waals surface area contributed by atoms with Crippen LogP contribution in [0.1, 0.15) is 0 Å². The molecule has 0 aliphatic heterocycles. The Hall–Kier alpha value is -2.75. The number of aromatic amines is 1. The van der Waals surface area contributed by atoms with Crippen molar-refractivity contribution < 1.29 is 26.3 Å². The summed E-state index contributed by atoms with van der Waals surface area (Å²) in [4.78, 5) is 10.5. The monoisotopic (exact) mass is 406 g/mol. The number of rotatable bonds is 4. The van der Waals surface area contributed by atoms with Crippen LogP contribution in [0.5, 0.6) is 0 Å². The van der Waals surface area contributed by atoms with Gasteiger partial charge in [0.15, 0.2) is 5.82 Å². The third kappa shape index (κ3) is 4.16. The maximum Gasteiger partial charge on any atom is 0.405 e. The average molecular weight is 407 g/mol. The molecule has 3 rings (SSSR count). The summed E-state index contributed by atoms with van der Waals surface area (Å²) in [6.07, 6.45) is -3.12. The number of anilines is 1. The Balaban J connectivity index is 2.20. The topological polar surface area (TPSA) is 53.6 Å². The van der Waals surface area contributed by atoms with Gasteiger partial charge in [-0.2, -0.15) is 13.2 Å². The van der Waals surface area contributed by atoms with E-state index in [-0.39, 0.29) is 5.82 Å². The summed E-state index contributed by atoms with van der Waals surface area (Å²) in [5.74, 6) is -4.57. The van der Waals surface area contributed by atoms with Gasteiger partial charge < -0.3 is 10.3 Å². The van der Waals surface area contributed by atoms with E-state index in [4.69, 9.17) is 11.6 Å². The normalized spacial score (nSPS) is 11.7. The molecule has 11 heteroatoms. The Morgan fingerprint density at radius 2 is 1.70 bits per heavy atom. The fraction of sp³-hybridized carbons (Fsp3) is 0.125. The van der Waals surface area contributed by atoms with Gasteiger partial charge in [0.05, 0.1) is 16.8 Å². The standard InChI is InChI=1S/C16H9ClF6N4/c17-13-12(11-8(19)4-7(18)5-9(11)20)15(25-6-16(21,22)23)27-14(26-13)10-2-1-3-24-10/h1-5,24H,6H2,(H,25,26,27). The number of aromatic nitrogens is 3. The van der Waals surface area contributed by atoms with Crippen LogP contribution in [-0.4, -0.2) is 27.7 Å². The van der Waals surface area contributed by atoms with E-state index in [1.165, 1.54) is 12.3 Å². The number of benzene rings is 1. The number of nitrogens with zero attached hydrogens (tertiary/aromatic N) is 2. The fourth-order valence-electron chi connectivity index (χ4n) is 2.34. The van der Waals surface area contributed by atoms with Gasteiger partial charge in [0, 0.05) is 18.3 Å². The van der Waals surface area contributed by atoms with Crippen molar-refractivity contribution in [3.05, 3.63) is 53.1 Å². The number of hydrogen-bond donors (Lipinski definition) is 2. The predicted octanol–water partition coefficient (Wildman–Crippen LogP) is 5.18. The molecule has 0 fully saturated rings. The SMILES string of the molecule is Fc1cc(F)c(-c2c(Cl)nc(-c3ccc[nH]3)nc2NCC(F)(F)F)c(F)c1. The molecule has 0 spiro atoms. The Morgan fingerprint density at radius 1 is 1.04 bits per heavy atom. The van der Waals surface area contributed by atoms with Crippen LogP contribution in [0.3, 0.4) is 0 Å². The van der Waals surface area contributed by atoms with E-state index >= 15 is 0 Å². The summed E-state index contributed by atoms with van der Waals surface area (Å²) < 4.78 is 79.3. The number of alkyl halides is 3. The number of nitrogens with one attached hydrogen (secondary N) is 2. The fourth-order valence-corrected chi connectivity index (χ4v) is 2.60. The van der Waals surface area contributed by atoms with E-state index in [0.29, 0.717) is 17.8 Å². The molecule has 2 N–H and O–H groups in total. The van der Waals surface area contributed by atoms with Crippen LogP contribution >= 0.6 is 11.6 Å². The van der Waals surface area contributed by atoms with Crippen LogP contribution in [0.15, 0.2) is 30.5 Å². The second-order valence-electron chi connectivity index (χ2n) is 5.36. The highest BCUT2D eigenvalue weighted by Gasteiger charge is 2.29. The van der Waals surface area contributed by atoms with Crippen molar-refractivity contribution in [2.75, 3.05) is 11.9 Å². The molecule has 0 unspecified atom stereocenters. The highest BCUT2D eigenvalue weighted by molar-refractivity contribution is 6.32. The van der Waals surface area contributed by atoms with Crippen molar-refractivity contribution in [2.45, 2.75) is 6.18 Å². The first kappa shape index (κ1) is 19.0. The first-order valence-corrected chi connectivity index (χ1v) is 7.70. The molecule has 2 aromatic heterocycles. The van der Waals surface area contributed by atoms with Gasteiger partial charge in [-0.15, -0.1) is 0 Å². The number of halogens is 7. The van der Waals surface area contributed by atoms with Gasteiger partial charge in [-0.3, -0.25) is 0 Å². The molecule has 0 bridgehead atoms. The van der Waals surface area contributed by atoms with Crippen LogP contribution in [0.4, 0.5) is 32.2 Å². The van der Waals surface area contributed by atoms with Gasteiger partial charge in [0.2, 0.25) is 0 Å². The van der Waals surface area contributed by atoms with Crippen LogP contribution in [-0.2, 0) is 0 Å². The maximum atomic E-state index is 14.2. The molecule has 142 valence electrons. The summed E-state index contributed by atoms with van der Waals surface area (Å²) in [7, 11) is 0. The van der Waals surface area contributed by atoms with E-state index in [1.807, 2.05) is 5.32 Å². The van der Waals surface area contributed by atoms with Crippen LogP contribution < -0.4 is 5.32 Å². The first-order valence-electron chi connectivity index (χ1n) is 7.32. The molecule has 0 radical (unpaired) electrons. The summed E-state index contributed by atoms with van der Waals surface area (Å²) in [6, 6.07) is 3.86. The van der Waals surface area contributed by atoms with E-state index in [1.54, 1.807) is 6.07 Å². The molecular weight excluding hydrogens is 398 g/mol. The molecule has 0 amide bonds. The minimum atomic E-state index is -4.64. The minimum absolute atomic E-state index is 0.0960. The molecule has 4 nitrogen and oxygen atoms in total. The molecule has 0 saturated carbocycles. The van der Waals surface area contributed by atoms with Crippen molar-refractivity contribution in [1.29, 1.82) is 0 Å². The molecule has 0 aliphatic rings. The van der Waals surface area contributed by atoms with Crippen molar-refractivity contribution in [1.82, 2.24) is 15.0 Å². The molecule has 27 heavy (non-hydrogen) atoms. The second-order valence-corrected chi connectivity index (χ2v) is 5.72. The first-order chi connectivity index (χ1) is 12.7. The largest absolute Gasteiger partial charge is 0.405 e. The predicted molar refractivity (Wildman–Crippen MR) is 86.7 cm³/mol. The highest BCUT2D eigenvalue weighted by Crippen LogP contribution is 2.38. The van der Waals surface area contributed by atoms with Crippen LogP contribution in [0, 0.1) is 17.5 Å². The lowest BCUT2D eigenvalue weighted by Gasteiger charge is -2.16. The van der Waals surface area contributed by atoms with Gasteiger partial charge >= 0.3 is 6.18 Å². The Morgan fingerprint density at radius 3 is 2.26 bits per heavy atom. The Kier molecular flexibility index (Phi) is 5.01. The lowest BCUT2D eigenvalue weighted by Crippen LogP contribution is -2.22. The minimum Gasteiger partial charge on any atom is -0.360 e. The zero-order valence-electron chi connectivity index (χ0n) is 13.1. The summed E-state index contributed by atoms with van der Waals surface area (Å²) in [6.45, 7) is -1.54. The average Bonchev–Trinajstić information content (AvgIpc) is 3.07. The molecule has 1 aromatic carbocycles. The van der Waals surface area contributed by atoms with E-state index in [0.717, 1.165) is 0 Å². The summed E-state index contributed by atoms with van der Waals surface area (Å²) in [5, 5.41) is 1.45. The number of H-pyrrole nitrogens is 1. The smallest absolute Gasteiger partial charge is 0.360 e. The zero-order valence-corrected chi connectivity index (χ0v) is 13.9. The van der Waals surface area contributed by atoms with Gasteiger partial charge in [0.1, 0.15) is 35.0 Å². The van der Waals surface area contributed by atoms with Crippen LogP contribution in [0.2, 0.25) is 5.15 Å². The highest BCUT2D eigenvalue weighted by atomic mass is 35.5. The quantitative estimate of drug-likeness (QED) is 0.463. The Bertz CT molecular complexity index is 949. The molecular formula is C16H9ClF6N4. The maximum absolute atomic E-state index is 14.2. The summed E-state index contributed by atoms with van der Waals surface area (Å²) in [5.41, 5.74) is -1.08. The van der Waals surface area contributed by atoms with Crippen molar-refractivity contribution >= 4 is 17.4 Å². The van der Waals surface area contributed by atoms with E-state index < -0.39 is 52.3 Å². The van der Waals surface area contributed by atoms with Gasteiger partial charge in [-0.1, -0.05) is 11.6 Å². The molecule has 3 aromatic rings. The molecule has 0 saturated heterocycles. The van der Waals surface area contributed by atoms with E-state index in [2.05, 4.69) is 15.0 Å². The van der Waals surface area contributed by atoms with E-state index in [9.17, 15) is 26.3 Å². The second kappa shape index (κ2) is 7.10. The Labute approximate surface area is 153 Å². The molecule has 0 aliphatic carbocycles. The number of hydrogen-bond acceptors (Lipinski definition) is 3. The third-order valence-corrected chi connectivity index (χ3v) is 3.69. The van der Waals surface area contributed by atoms with Gasteiger partial charge in [-0.25, -0.2) is 23.1 Å². The lowest BCUT2D eigenvalue weighted by atomic mass is 10.1. The third-order valence-electron chi connectivity index (χ3n) is 3.42. The van der Waals surface area contributed by atoms with Crippen LogP contribution in [0.25, 0.3) is 22.6 Å². The summed E-state index contributed by atoms with van der Waals surface area (Å²) >= 11 is 6.01. The molecule has 2 heterocycles. The van der Waals surface area contributed by atoms with Gasteiger partial charge in [0.25, 0.3) is 0 Å². The van der Waals surface area contributed by atoms with Crippen molar-refractivity contribution in [2.24, 2.45) is 0 Å². The van der Waals surface area contributed by atoms with Crippen molar-refractivity contribution in [3.8, 4) is 22.6 Å². The lowest BCUT2D eigenvalue weighted by molar-refractivity contribution is -0.115.